The van der Waals surface area contributed by atoms with Crippen molar-refractivity contribution in [3.8, 4) is 0 Å². The molecule has 0 spiro atoms. The van der Waals surface area contributed by atoms with Gasteiger partial charge in [0, 0.05) is 12.3 Å². The van der Waals surface area contributed by atoms with Gasteiger partial charge in [0.05, 0.1) is 4.90 Å². The van der Waals surface area contributed by atoms with Crippen molar-refractivity contribution in [2.24, 2.45) is 5.84 Å². The lowest BCUT2D eigenvalue weighted by Crippen LogP contribution is -2.33. The Kier molecular flexibility index (Phi) is 3.91. The Morgan fingerprint density at radius 1 is 1.41 bits per heavy atom. The van der Waals surface area contributed by atoms with E-state index >= 15 is 0 Å². The Morgan fingerprint density at radius 2 is 2.06 bits per heavy atom. The second kappa shape index (κ2) is 4.85. The molecule has 0 saturated heterocycles. The van der Waals surface area contributed by atoms with Crippen LogP contribution >= 0.6 is 0 Å². The molecule has 96 valence electrons. The van der Waals surface area contributed by atoms with Gasteiger partial charge in [-0.05, 0) is 6.07 Å². The third-order valence-corrected chi connectivity index (χ3v) is 3.05. The van der Waals surface area contributed by atoms with Crippen molar-refractivity contribution >= 4 is 15.8 Å². The molecule has 1 heterocycles. The van der Waals surface area contributed by atoms with E-state index < -0.39 is 22.7 Å². The zero-order chi connectivity index (χ0) is 13.1. The van der Waals surface area contributed by atoms with Crippen LogP contribution in [0.2, 0.25) is 0 Å². The zero-order valence-electron chi connectivity index (χ0n) is 8.32. The molecule has 1 rings (SSSR count). The number of hydrazine groups is 1. The van der Waals surface area contributed by atoms with Gasteiger partial charge in [0.1, 0.15) is 12.4 Å². The van der Waals surface area contributed by atoms with Crippen LogP contribution in [0.3, 0.4) is 0 Å². The predicted octanol–water partition coefficient (Wildman–Crippen LogP) is 0.208. The Morgan fingerprint density at radius 3 is 2.59 bits per heavy atom. The van der Waals surface area contributed by atoms with Gasteiger partial charge in [-0.2, -0.15) is 13.2 Å². The van der Waals surface area contributed by atoms with Gasteiger partial charge >= 0.3 is 6.18 Å². The van der Waals surface area contributed by atoms with Gasteiger partial charge in [0.25, 0.3) is 0 Å². The number of aromatic nitrogens is 1. The van der Waals surface area contributed by atoms with Gasteiger partial charge in [-0.1, -0.05) is 0 Å². The molecular formula is C7H9F3N4O2S. The van der Waals surface area contributed by atoms with E-state index in [9.17, 15) is 21.6 Å². The van der Waals surface area contributed by atoms with Gasteiger partial charge in [-0.25, -0.2) is 24.0 Å². The molecule has 0 unspecified atom stereocenters. The van der Waals surface area contributed by atoms with Crippen LogP contribution in [0.15, 0.2) is 23.2 Å². The van der Waals surface area contributed by atoms with Crippen LogP contribution < -0.4 is 16.0 Å². The van der Waals surface area contributed by atoms with Crippen LogP contribution in [0, 0.1) is 0 Å². The highest BCUT2D eigenvalue weighted by Gasteiger charge is 2.30. The molecule has 1 aromatic heterocycles. The number of nitrogen functional groups attached to an aromatic ring is 1. The number of pyridine rings is 1. The van der Waals surface area contributed by atoms with Gasteiger partial charge in [0.15, 0.2) is 0 Å². The number of sulfonamides is 1. The van der Waals surface area contributed by atoms with Crippen LogP contribution in [0.4, 0.5) is 19.0 Å². The fraction of sp³-hybridized carbons (Fsp3) is 0.286. The average molecular weight is 270 g/mol. The summed E-state index contributed by atoms with van der Waals surface area (Å²) in [7, 11) is -4.23. The molecule has 17 heavy (non-hydrogen) atoms. The van der Waals surface area contributed by atoms with Gasteiger partial charge in [0.2, 0.25) is 10.0 Å². The molecule has 0 bridgehead atoms. The van der Waals surface area contributed by atoms with E-state index in [4.69, 9.17) is 5.84 Å². The van der Waals surface area contributed by atoms with Gasteiger partial charge in [-0.3, -0.25) is 0 Å². The standard InChI is InChI=1S/C7H9F3N4O2S/c8-7(9,10)4-13-17(15,16)5-1-2-12-6(3-5)14-11/h1-3,13H,4,11H2,(H,12,14). The van der Waals surface area contributed by atoms with E-state index in [1.54, 1.807) is 0 Å². The van der Waals surface area contributed by atoms with Crippen LogP contribution in [0.5, 0.6) is 0 Å². The summed E-state index contributed by atoms with van der Waals surface area (Å²) in [4.78, 5) is 3.27. The summed E-state index contributed by atoms with van der Waals surface area (Å²) in [6, 6.07) is 2.07. The minimum Gasteiger partial charge on any atom is -0.308 e. The van der Waals surface area contributed by atoms with Crippen molar-refractivity contribution in [1.29, 1.82) is 0 Å². The minimum absolute atomic E-state index is 0.0277. The highest BCUT2D eigenvalue weighted by Crippen LogP contribution is 2.16. The van der Waals surface area contributed by atoms with Crippen LogP contribution in [-0.4, -0.2) is 26.1 Å². The molecule has 0 aliphatic heterocycles. The maximum atomic E-state index is 11.9. The Labute approximate surface area is 95.0 Å². The Balaban J connectivity index is 2.89. The van der Waals surface area contributed by atoms with E-state index in [0.29, 0.717) is 0 Å². The summed E-state index contributed by atoms with van der Waals surface area (Å²) in [5.41, 5.74) is 2.09. The lowest BCUT2D eigenvalue weighted by atomic mass is 10.5. The number of halogens is 3. The minimum atomic E-state index is -4.62. The number of nitrogens with zero attached hydrogens (tertiary/aromatic N) is 1. The molecule has 0 fully saturated rings. The summed E-state index contributed by atoms with van der Waals surface area (Å²) >= 11 is 0. The molecule has 0 aromatic carbocycles. The second-order valence-electron chi connectivity index (χ2n) is 2.96. The molecule has 10 heteroatoms. The molecule has 0 saturated carbocycles. The summed E-state index contributed by atoms with van der Waals surface area (Å²) < 4.78 is 59.9. The number of nitrogens with one attached hydrogen (secondary N) is 2. The fourth-order valence-corrected chi connectivity index (χ4v) is 1.94. The quantitative estimate of drug-likeness (QED) is 0.536. The number of anilines is 1. The maximum absolute atomic E-state index is 11.9. The SMILES string of the molecule is NNc1cc(S(=O)(=O)NCC(F)(F)F)ccn1. The summed E-state index contributed by atoms with van der Waals surface area (Å²) in [6.45, 7) is -1.64. The first-order chi connectivity index (χ1) is 7.74. The number of hydrogen-bond acceptors (Lipinski definition) is 5. The first-order valence-electron chi connectivity index (χ1n) is 4.24. The lowest BCUT2D eigenvalue weighted by molar-refractivity contribution is -0.121. The van der Waals surface area contributed by atoms with Crippen LogP contribution in [0.25, 0.3) is 0 Å². The molecule has 0 aliphatic rings. The summed E-state index contributed by atoms with van der Waals surface area (Å²) in [5.74, 6) is 5.03. The summed E-state index contributed by atoms with van der Waals surface area (Å²) in [5, 5.41) is 0. The monoisotopic (exact) mass is 270 g/mol. The van der Waals surface area contributed by atoms with E-state index in [1.165, 1.54) is 4.72 Å². The fourth-order valence-electron chi connectivity index (χ4n) is 0.917. The van der Waals surface area contributed by atoms with Crippen LogP contribution in [-0.2, 0) is 10.0 Å². The predicted molar refractivity (Wildman–Crippen MR) is 53.3 cm³/mol. The second-order valence-corrected chi connectivity index (χ2v) is 4.73. The zero-order valence-corrected chi connectivity index (χ0v) is 9.14. The number of alkyl halides is 3. The van der Waals surface area contributed by atoms with E-state index in [1.807, 2.05) is 0 Å². The van der Waals surface area contributed by atoms with Crippen molar-refractivity contribution in [2.75, 3.05) is 12.0 Å². The van der Waals surface area contributed by atoms with E-state index in [0.717, 1.165) is 18.3 Å². The highest BCUT2D eigenvalue weighted by atomic mass is 32.2. The van der Waals surface area contributed by atoms with Crippen LogP contribution in [0.1, 0.15) is 0 Å². The average Bonchev–Trinajstić information content (AvgIpc) is 2.26. The van der Waals surface area contributed by atoms with Crippen molar-refractivity contribution in [1.82, 2.24) is 9.71 Å². The van der Waals surface area contributed by atoms with Crippen molar-refractivity contribution in [3.05, 3.63) is 18.3 Å². The first-order valence-corrected chi connectivity index (χ1v) is 5.72. The molecule has 0 radical (unpaired) electrons. The molecule has 6 nitrogen and oxygen atoms in total. The third-order valence-electron chi connectivity index (χ3n) is 1.65. The number of nitrogens with two attached hydrogens (primary N) is 1. The topological polar surface area (TPSA) is 97.1 Å². The van der Waals surface area contributed by atoms with Crippen molar-refractivity contribution in [2.45, 2.75) is 11.1 Å². The Hall–Kier alpha value is -1.39. The number of rotatable bonds is 4. The molecule has 4 N–H and O–H groups in total. The summed E-state index contributed by atoms with van der Waals surface area (Å²) in [6.07, 6.45) is -3.51. The van der Waals surface area contributed by atoms with Gasteiger partial charge in [-0.15, -0.1) is 0 Å². The van der Waals surface area contributed by atoms with Gasteiger partial charge < -0.3 is 5.43 Å². The van der Waals surface area contributed by atoms with E-state index in [2.05, 4.69) is 10.4 Å². The lowest BCUT2D eigenvalue weighted by Gasteiger charge is -2.09. The molecule has 0 amide bonds. The molecule has 0 atom stereocenters. The highest BCUT2D eigenvalue weighted by molar-refractivity contribution is 7.89. The van der Waals surface area contributed by atoms with Crippen molar-refractivity contribution in [3.63, 3.8) is 0 Å². The molecule has 0 aliphatic carbocycles. The van der Waals surface area contributed by atoms with E-state index in [-0.39, 0.29) is 10.7 Å². The maximum Gasteiger partial charge on any atom is 0.402 e. The Bertz CT molecular complexity index is 488. The third kappa shape index (κ3) is 4.17. The first kappa shape index (κ1) is 13.7. The van der Waals surface area contributed by atoms with Crippen molar-refractivity contribution < 1.29 is 21.6 Å². The number of hydrogen-bond donors (Lipinski definition) is 3. The normalized spacial score (nSPS) is 12.5. The largest absolute Gasteiger partial charge is 0.402 e. The molecular weight excluding hydrogens is 261 g/mol. The molecule has 1 aromatic rings. The smallest absolute Gasteiger partial charge is 0.308 e.